The molecule has 1 aliphatic rings. The Bertz CT molecular complexity index is 453. The number of ether oxygens (including phenoxy) is 4. The van der Waals surface area contributed by atoms with Crippen molar-refractivity contribution in [2.75, 3.05) is 13.2 Å². The van der Waals surface area contributed by atoms with E-state index in [2.05, 4.69) is 0 Å². The molecule has 6 nitrogen and oxygen atoms in total. The largest absolute Gasteiger partial charge is 0.479 e. The zero-order valence-electron chi connectivity index (χ0n) is 11.3. The molecule has 6 heteroatoms. The summed E-state index contributed by atoms with van der Waals surface area (Å²) in [5.41, 5.74) is 0. The topological polar surface area (TPSA) is 71.1 Å². The van der Waals surface area contributed by atoms with Crippen molar-refractivity contribution in [1.82, 2.24) is 0 Å². The Morgan fingerprint density at radius 3 is 1.70 bits per heavy atom. The molecule has 0 amide bonds. The maximum Gasteiger partial charge on any atom is 0.302 e. The second-order valence-corrected chi connectivity index (χ2v) is 4.36. The summed E-state index contributed by atoms with van der Waals surface area (Å²) >= 11 is 0. The van der Waals surface area contributed by atoms with Gasteiger partial charge in [-0.2, -0.15) is 0 Å². The van der Waals surface area contributed by atoms with Gasteiger partial charge in [-0.05, 0) is 12.1 Å². The van der Waals surface area contributed by atoms with Gasteiger partial charge >= 0.3 is 11.9 Å². The second-order valence-electron chi connectivity index (χ2n) is 4.36. The van der Waals surface area contributed by atoms with Crippen LogP contribution in [0.15, 0.2) is 24.3 Å². The minimum Gasteiger partial charge on any atom is -0.479 e. The number of carbonyl (C=O) groups excluding carboxylic acids is 2. The number of para-hydroxylation sites is 2. The fourth-order valence-electron chi connectivity index (χ4n) is 1.80. The SMILES string of the molecule is CC(=O)OC[C@H]1Oc2ccccc2O[C@@H]1COC(C)=O. The third kappa shape index (κ3) is 3.63. The van der Waals surface area contributed by atoms with Gasteiger partial charge in [0, 0.05) is 13.8 Å². The van der Waals surface area contributed by atoms with Gasteiger partial charge in [0.2, 0.25) is 0 Å². The average molecular weight is 280 g/mol. The fourth-order valence-corrected chi connectivity index (χ4v) is 1.80. The van der Waals surface area contributed by atoms with Crippen LogP contribution in [0, 0.1) is 0 Å². The molecule has 0 fully saturated rings. The van der Waals surface area contributed by atoms with E-state index in [-0.39, 0.29) is 13.2 Å². The maximum atomic E-state index is 10.9. The molecule has 0 bridgehead atoms. The van der Waals surface area contributed by atoms with E-state index in [0.717, 1.165) is 0 Å². The molecule has 0 saturated carbocycles. The molecule has 0 aromatic heterocycles. The highest BCUT2D eigenvalue weighted by Gasteiger charge is 2.33. The lowest BCUT2D eigenvalue weighted by atomic mass is 10.2. The highest BCUT2D eigenvalue weighted by Crippen LogP contribution is 2.33. The first-order valence-corrected chi connectivity index (χ1v) is 6.25. The van der Waals surface area contributed by atoms with E-state index in [9.17, 15) is 9.59 Å². The molecule has 20 heavy (non-hydrogen) atoms. The molecular formula is C14H16O6. The van der Waals surface area contributed by atoms with Crippen molar-refractivity contribution in [3.8, 4) is 11.5 Å². The van der Waals surface area contributed by atoms with Gasteiger partial charge in [0.05, 0.1) is 0 Å². The summed E-state index contributed by atoms with van der Waals surface area (Å²) < 4.78 is 21.4. The van der Waals surface area contributed by atoms with Gasteiger partial charge in [0.1, 0.15) is 13.2 Å². The van der Waals surface area contributed by atoms with Gasteiger partial charge in [0.15, 0.2) is 23.7 Å². The summed E-state index contributed by atoms with van der Waals surface area (Å²) in [6.07, 6.45) is -1.04. The normalized spacial score (nSPS) is 20.1. The predicted molar refractivity (Wildman–Crippen MR) is 68.5 cm³/mol. The number of carbonyl (C=O) groups is 2. The number of fused-ring (bicyclic) bond motifs is 1. The molecule has 1 aromatic carbocycles. The molecule has 1 aliphatic heterocycles. The maximum absolute atomic E-state index is 10.9. The molecule has 0 aliphatic carbocycles. The van der Waals surface area contributed by atoms with Crippen molar-refractivity contribution in [3.05, 3.63) is 24.3 Å². The Hall–Kier alpha value is -2.24. The van der Waals surface area contributed by atoms with E-state index >= 15 is 0 Å². The molecule has 1 heterocycles. The van der Waals surface area contributed by atoms with E-state index in [1.54, 1.807) is 12.1 Å². The van der Waals surface area contributed by atoms with Gasteiger partial charge in [0.25, 0.3) is 0 Å². The zero-order chi connectivity index (χ0) is 14.5. The van der Waals surface area contributed by atoms with Gasteiger partial charge in [-0.25, -0.2) is 0 Å². The monoisotopic (exact) mass is 280 g/mol. The second kappa shape index (κ2) is 6.27. The zero-order valence-corrected chi connectivity index (χ0v) is 11.3. The van der Waals surface area contributed by atoms with E-state index in [4.69, 9.17) is 18.9 Å². The summed E-state index contributed by atoms with van der Waals surface area (Å²) in [6.45, 7) is 2.71. The van der Waals surface area contributed by atoms with Gasteiger partial charge in [-0.1, -0.05) is 12.1 Å². The number of rotatable bonds is 4. The Kier molecular flexibility index (Phi) is 4.45. The number of hydrogen-bond donors (Lipinski definition) is 0. The molecular weight excluding hydrogens is 264 g/mol. The number of hydrogen-bond acceptors (Lipinski definition) is 6. The van der Waals surface area contributed by atoms with Crippen LogP contribution in [0.5, 0.6) is 11.5 Å². The molecule has 2 rings (SSSR count). The van der Waals surface area contributed by atoms with E-state index < -0.39 is 24.1 Å². The summed E-state index contributed by atoms with van der Waals surface area (Å²) in [4.78, 5) is 21.8. The lowest BCUT2D eigenvalue weighted by Gasteiger charge is -2.33. The molecule has 0 N–H and O–H groups in total. The van der Waals surface area contributed by atoms with Crippen LogP contribution < -0.4 is 9.47 Å². The van der Waals surface area contributed by atoms with Gasteiger partial charge in [-0.15, -0.1) is 0 Å². The summed E-state index contributed by atoms with van der Waals surface area (Å²) in [5.74, 6) is 0.338. The highest BCUT2D eigenvalue weighted by atomic mass is 16.6. The van der Waals surface area contributed by atoms with E-state index in [1.807, 2.05) is 12.1 Å². The Morgan fingerprint density at radius 1 is 0.950 bits per heavy atom. The first-order valence-electron chi connectivity index (χ1n) is 6.25. The molecule has 0 unspecified atom stereocenters. The lowest BCUT2D eigenvalue weighted by molar-refractivity contribution is -0.152. The van der Waals surface area contributed by atoms with Crippen LogP contribution in [0.4, 0.5) is 0 Å². The van der Waals surface area contributed by atoms with Crippen LogP contribution in [0.1, 0.15) is 13.8 Å². The van der Waals surface area contributed by atoms with Crippen molar-refractivity contribution in [2.45, 2.75) is 26.1 Å². The van der Waals surface area contributed by atoms with Crippen LogP contribution >= 0.6 is 0 Å². The fraction of sp³-hybridized carbons (Fsp3) is 0.429. The third-order valence-corrected chi connectivity index (χ3v) is 2.72. The first-order chi connectivity index (χ1) is 9.56. The predicted octanol–water partition coefficient (Wildman–Crippen LogP) is 1.32. The standard InChI is InChI=1S/C14H16O6/c1-9(15)17-7-13-14(8-18-10(2)16)20-12-6-4-3-5-11(12)19-13/h3-6,13-14H,7-8H2,1-2H3/t13-,14-/m1/s1. The first kappa shape index (κ1) is 14.2. The van der Waals surface area contributed by atoms with Crippen LogP contribution in [-0.4, -0.2) is 37.4 Å². The highest BCUT2D eigenvalue weighted by molar-refractivity contribution is 5.66. The molecule has 108 valence electrons. The Balaban J connectivity index is 2.08. The quantitative estimate of drug-likeness (QED) is 0.775. The van der Waals surface area contributed by atoms with Crippen molar-refractivity contribution in [1.29, 1.82) is 0 Å². The lowest BCUT2D eigenvalue weighted by Crippen LogP contribution is -2.46. The molecule has 1 aromatic rings. The van der Waals surface area contributed by atoms with E-state index in [0.29, 0.717) is 11.5 Å². The average Bonchev–Trinajstić information content (AvgIpc) is 2.42. The van der Waals surface area contributed by atoms with Crippen molar-refractivity contribution >= 4 is 11.9 Å². The van der Waals surface area contributed by atoms with Crippen molar-refractivity contribution in [2.24, 2.45) is 0 Å². The number of esters is 2. The van der Waals surface area contributed by atoms with Gasteiger partial charge < -0.3 is 18.9 Å². The van der Waals surface area contributed by atoms with Crippen molar-refractivity contribution < 1.29 is 28.5 Å². The van der Waals surface area contributed by atoms with Crippen LogP contribution in [0.25, 0.3) is 0 Å². The van der Waals surface area contributed by atoms with Gasteiger partial charge in [-0.3, -0.25) is 9.59 Å². The minimum atomic E-state index is -0.520. The molecule has 0 spiro atoms. The Labute approximate surface area is 116 Å². The molecule has 0 saturated heterocycles. The molecule has 0 radical (unpaired) electrons. The summed E-state index contributed by atoms with van der Waals surface area (Å²) in [5, 5.41) is 0. The Morgan fingerprint density at radius 2 is 1.35 bits per heavy atom. The van der Waals surface area contributed by atoms with Crippen LogP contribution in [0.2, 0.25) is 0 Å². The minimum absolute atomic E-state index is 0.0373. The smallest absolute Gasteiger partial charge is 0.302 e. The van der Waals surface area contributed by atoms with Crippen LogP contribution in [-0.2, 0) is 19.1 Å². The number of benzene rings is 1. The summed E-state index contributed by atoms with van der Waals surface area (Å²) in [6, 6.07) is 7.16. The van der Waals surface area contributed by atoms with Crippen molar-refractivity contribution in [3.63, 3.8) is 0 Å². The third-order valence-electron chi connectivity index (χ3n) is 2.72. The van der Waals surface area contributed by atoms with Crippen LogP contribution in [0.3, 0.4) is 0 Å². The summed E-state index contributed by atoms with van der Waals surface area (Å²) in [7, 11) is 0. The molecule has 2 atom stereocenters. The van der Waals surface area contributed by atoms with E-state index in [1.165, 1.54) is 13.8 Å².